The van der Waals surface area contributed by atoms with E-state index in [0.29, 0.717) is 18.8 Å². The van der Waals surface area contributed by atoms with Crippen molar-refractivity contribution in [3.63, 3.8) is 0 Å². The van der Waals surface area contributed by atoms with Gasteiger partial charge in [-0.15, -0.1) is 0 Å². The SMILES string of the molecule is O[B-](O)(O)c1ccc(C2OCCO2)cn1.[Li+]. The van der Waals surface area contributed by atoms with Crippen molar-refractivity contribution in [1.82, 2.24) is 4.98 Å². The van der Waals surface area contributed by atoms with Gasteiger partial charge >= 0.3 is 25.6 Å². The molecular weight excluding hydrogens is 208 g/mol. The van der Waals surface area contributed by atoms with Gasteiger partial charge in [0, 0.05) is 11.8 Å². The molecule has 1 fully saturated rings. The summed E-state index contributed by atoms with van der Waals surface area (Å²) in [7, 11) is 0. The Balaban J connectivity index is 0.00000128. The molecule has 2 heterocycles. The molecule has 8 heteroatoms. The molecule has 0 spiro atoms. The van der Waals surface area contributed by atoms with Crippen molar-refractivity contribution in [2.45, 2.75) is 6.29 Å². The van der Waals surface area contributed by atoms with Crippen LogP contribution in [-0.4, -0.2) is 40.0 Å². The fourth-order valence-corrected chi connectivity index (χ4v) is 1.34. The Morgan fingerprint density at radius 3 is 2.25 bits per heavy atom. The van der Waals surface area contributed by atoms with Crippen LogP contribution in [-0.2, 0) is 9.47 Å². The van der Waals surface area contributed by atoms with Crippen LogP contribution in [0.3, 0.4) is 0 Å². The van der Waals surface area contributed by atoms with Crippen LogP contribution in [0, 0.1) is 0 Å². The minimum Gasteiger partial charge on any atom is -0.555 e. The molecular formula is C8H11BLiNO5. The molecule has 0 atom stereocenters. The minimum absolute atomic E-state index is 0. The van der Waals surface area contributed by atoms with Crippen molar-refractivity contribution in [2.75, 3.05) is 13.2 Å². The monoisotopic (exact) mass is 219 g/mol. The second-order valence-corrected chi connectivity index (χ2v) is 3.32. The number of hydrogen-bond acceptors (Lipinski definition) is 6. The van der Waals surface area contributed by atoms with Gasteiger partial charge in [-0.3, -0.25) is 4.98 Å². The number of ether oxygens (including phenoxy) is 2. The number of nitrogens with zero attached hydrogens (tertiary/aromatic N) is 1. The summed E-state index contributed by atoms with van der Waals surface area (Å²) in [5.74, 6) is 0. The summed E-state index contributed by atoms with van der Waals surface area (Å²) >= 11 is 0. The summed E-state index contributed by atoms with van der Waals surface area (Å²) in [6.07, 6.45) is 0.925. The van der Waals surface area contributed by atoms with E-state index in [9.17, 15) is 0 Å². The zero-order valence-corrected chi connectivity index (χ0v) is 8.91. The molecule has 1 aliphatic rings. The summed E-state index contributed by atoms with van der Waals surface area (Å²) in [5, 5.41) is 26.7. The molecule has 1 saturated heterocycles. The first-order valence-corrected chi connectivity index (χ1v) is 4.58. The van der Waals surface area contributed by atoms with E-state index in [1.165, 1.54) is 12.3 Å². The minimum atomic E-state index is -3.53. The predicted octanol–water partition coefficient (Wildman–Crippen LogP) is -4.75. The van der Waals surface area contributed by atoms with E-state index < -0.39 is 13.0 Å². The number of hydrogen-bond donors (Lipinski definition) is 3. The van der Waals surface area contributed by atoms with Crippen LogP contribution >= 0.6 is 0 Å². The zero-order chi connectivity index (χ0) is 10.9. The third-order valence-electron chi connectivity index (χ3n) is 2.10. The van der Waals surface area contributed by atoms with Crippen molar-refractivity contribution in [3.8, 4) is 0 Å². The van der Waals surface area contributed by atoms with E-state index in [4.69, 9.17) is 24.5 Å². The number of pyridine rings is 1. The molecule has 0 aliphatic carbocycles. The molecule has 1 aromatic rings. The Bertz CT molecular complexity index is 335. The molecule has 0 unspecified atom stereocenters. The van der Waals surface area contributed by atoms with E-state index >= 15 is 0 Å². The van der Waals surface area contributed by atoms with Gasteiger partial charge in [0.2, 0.25) is 0 Å². The van der Waals surface area contributed by atoms with Gasteiger partial charge < -0.3 is 24.5 Å². The summed E-state index contributed by atoms with van der Waals surface area (Å²) in [6.45, 7) is -2.47. The van der Waals surface area contributed by atoms with E-state index in [1.807, 2.05) is 0 Å². The van der Waals surface area contributed by atoms with Gasteiger partial charge in [0.25, 0.3) is 0 Å². The second-order valence-electron chi connectivity index (χ2n) is 3.32. The Labute approximate surface area is 104 Å². The summed E-state index contributed by atoms with van der Waals surface area (Å²) in [5.41, 5.74) is 0.494. The van der Waals surface area contributed by atoms with Crippen molar-refractivity contribution in [3.05, 3.63) is 23.9 Å². The third-order valence-corrected chi connectivity index (χ3v) is 2.10. The fourth-order valence-electron chi connectivity index (χ4n) is 1.34. The largest absolute Gasteiger partial charge is 1.00 e. The van der Waals surface area contributed by atoms with E-state index in [-0.39, 0.29) is 24.5 Å². The Kier molecular flexibility index (Phi) is 4.53. The maximum absolute atomic E-state index is 8.89. The molecule has 2 rings (SSSR count). The zero-order valence-electron chi connectivity index (χ0n) is 8.91. The average Bonchev–Trinajstić information content (AvgIpc) is 2.69. The Hall–Kier alpha value is -0.388. The van der Waals surface area contributed by atoms with Crippen LogP contribution in [0.5, 0.6) is 0 Å². The van der Waals surface area contributed by atoms with Crippen LogP contribution < -0.4 is 24.5 Å². The molecule has 16 heavy (non-hydrogen) atoms. The number of rotatable bonds is 2. The van der Waals surface area contributed by atoms with Crippen molar-refractivity contribution < 1.29 is 43.4 Å². The fraction of sp³-hybridized carbons (Fsp3) is 0.375. The quantitative estimate of drug-likeness (QED) is 0.432. The van der Waals surface area contributed by atoms with Crippen molar-refractivity contribution in [2.24, 2.45) is 0 Å². The molecule has 0 radical (unpaired) electrons. The summed E-state index contributed by atoms with van der Waals surface area (Å²) < 4.78 is 10.4. The first kappa shape index (κ1) is 13.7. The molecule has 1 aliphatic heterocycles. The Morgan fingerprint density at radius 1 is 1.19 bits per heavy atom. The van der Waals surface area contributed by atoms with Crippen LogP contribution in [0.25, 0.3) is 0 Å². The van der Waals surface area contributed by atoms with Crippen LogP contribution in [0.2, 0.25) is 0 Å². The van der Waals surface area contributed by atoms with Crippen LogP contribution in [0.15, 0.2) is 18.3 Å². The molecule has 0 amide bonds. The van der Waals surface area contributed by atoms with E-state index in [1.54, 1.807) is 6.07 Å². The van der Waals surface area contributed by atoms with Crippen LogP contribution in [0.1, 0.15) is 11.9 Å². The second kappa shape index (κ2) is 5.30. The van der Waals surface area contributed by atoms with Gasteiger partial charge in [0.15, 0.2) is 6.29 Å². The maximum Gasteiger partial charge on any atom is 1.00 e. The molecule has 0 saturated carbocycles. The van der Waals surface area contributed by atoms with Crippen LogP contribution in [0.4, 0.5) is 0 Å². The van der Waals surface area contributed by atoms with Crippen molar-refractivity contribution >= 4 is 12.3 Å². The van der Waals surface area contributed by atoms with Crippen molar-refractivity contribution in [1.29, 1.82) is 0 Å². The molecule has 1 aromatic heterocycles. The molecule has 6 nitrogen and oxygen atoms in total. The van der Waals surface area contributed by atoms with Gasteiger partial charge in [0.05, 0.1) is 13.2 Å². The Morgan fingerprint density at radius 2 is 1.81 bits per heavy atom. The average molecular weight is 219 g/mol. The molecule has 3 N–H and O–H groups in total. The third kappa shape index (κ3) is 3.06. The van der Waals surface area contributed by atoms with Gasteiger partial charge in [-0.2, -0.15) is 0 Å². The smallest absolute Gasteiger partial charge is 0.555 e. The molecule has 82 valence electrons. The van der Waals surface area contributed by atoms with Gasteiger partial charge in [-0.25, -0.2) is 0 Å². The normalized spacial score (nSPS) is 17.2. The predicted molar refractivity (Wildman–Crippen MR) is 50.9 cm³/mol. The summed E-state index contributed by atoms with van der Waals surface area (Å²) in [6, 6.07) is 2.89. The van der Waals surface area contributed by atoms with Gasteiger partial charge in [-0.1, -0.05) is 12.1 Å². The maximum atomic E-state index is 8.89. The topological polar surface area (TPSA) is 92.0 Å². The first-order chi connectivity index (χ1) is 7.07. The van der Waals surface area contributed by atoms with Gasteiger partial charge in [-0.05, 0) is 5.59 Å². The number of aromatic nitrogens is 1. The summed E-state index contributed by atoms with van der Waals surface area (Å²) in [4.78, 5) is 3.71. The van der Waals surface area contributed by atoms with Gasteiger partial charge in [0.1, 0.15) is 0 Å². The molecule has 0 bridgehead atoms. The standard InChI is InChI=1S/C8H11BNO5.Li/c11-9(12,13)7-2-1-6(5-10-7)8-14-3-4-15-8;/h1-2,5,8,11-13H,3-4H2;/q-1;+1. The molecule has 0 aromatic carbocycles. The first-order valence-electron chi connectivity index (χ1n) is 4.58. The van der Waals surface area contributed by atoms with E-state index in [2.05, 4.69) is 4.98 Å². The van der Waals surface area contributed by atoms with E-state index in [0.717, 1.165) is 0 Å².